The summed E-state index contributed by atoms with van der Waals surface area (Å²) in [6, 6.07) is 6.89. The lowest BCUT2D eigenvalue weighted by Gasteiger charge is -2.51. The van der Waals surface area contributed by atoms with Crippen molar-refractivity contribution in [2.75, 3.05) is 64.6 Å². The van der Waals surface area contributed by atoms with Crippen LogP contribution in [0.5, 0.6) is 11.5 Å². The highest BCUT2D eigenvalue weighted by molar-refractivity contribution is 6.13. The van der Waals surface area contributed by atoms with E-state index in [0.717, 1.165) is 29.4 Å². The number of hydrogen-bond donors (Lipinski definition) is 2. The maximum absolute atomic E-state index is 16.3. The molecule has 0 bridgehead atoms. The molecule has 0 saturated carbocycles. The number of nitrogens with zero attached hydrogens (tertiary/aromatic N) is 10. The quantitative estimate of drug-likeness (QED) is 0.135. The first-order valence-corrected chi connectivity index (χ1v) is 25.4. The molecule has 28 heteroatoms. The molecule has 416 valence electrons. The molecular weight excluding hydrogens is 1050 g/mol. The van der Waals surface area contributed by atoms with Gasteiger partial charge in [0.1, 0.15) is 24.8 Å². The topological polar surface area (TPSA) is 302 Å². The number of hydrogen-bond acceptors (Lipinski definition) is 18. The van der Waals surface area contributed by atoms with Crippen LogP contribution >= 0.6 is 0 Å². The highest BCUT2D eigenvalue weighted by Gasteiger charge is 2.93. The summed E-state index contributed by atoms with van der Waals surface area (Å²) >= 11 is 0. The number of methoxy groups -OCH3 is 2. The molecule has 7 aliphatic rings. The van der Waals surface area contributed by atoms with Gasteiger partial charge in [-0.25, -0.2) is 38.4 Å². The SMILES string of the molecule is CCOC(=O)C12N3Cc4c(NC(=O)c5ccncc5)ccc(OC)c4CN1C(=O)N1CN4C(=O)N5Cc6c(OC)ccc(NC(=O)c7ccncc7)c6CN6C(=O)N(CN(C3=O)C12C(=O)OCC)C4(C(=O)OCC)C65C(=O)OCC. The van der Waals surface area contributed by atoms with Crippen LogP contribution in [0.3, 0.4) is 0 Å². The van der Waals surface area contributed by atoms with Crippen LogP contribution in [0.15, 0.2) is 73.3 Å². The molecule has 2 N–H and O–H groups in total. The number of carbonyl (C=O) groups excluding carboxylic acids is 10. The average molecular weight is 1100 g/mol. The van der Waals surface area contributed by atoms with E-state index >= 15 is 38.4 Å². The van der Waals surface area contributed by atoms with Crippen LogP contribution in [-0.2, 0) is 64.3 Å². The van der Waals surface area contributed by atoms with Gasteiger partial charge in [0.2, 0.25) is 0 Å². The fourth-order valence-electron chi connectivity index (χ4n) is 12.5. The number of carbonyl (C=O) groups is 10. The highest BCUT2D eigenvalue weighted by Crippen LogP contribution is 2.62. The number of amides is 10. The highest BCUT2D eigenvalue weighted by atomic mass is 16.6. The van der Waals surface area contributed by atoms with Gasteiger partial charge in [0.25, 0.3) is 34.5 Å². The zero-order valence-electron chi connectivity index (χ0n) is 44.0. The predicted molar refractivity (Wildman–Crippen MR) is 269 cm³/mol. The van der Waals surface area contributed by atoms with E-state index in [1.165, 1.54) is 115 Å². The summed E-state index contributed by atoms with van der Waals surface area (Å²) in [5, 5.41) is 5.69. The van der Waals surface area contributed by atoms with Crippen LogP contribution < -0.4 is 20.1 Å². The maximum Gasteiger partial charge on any atom is 0.359 e. The standard InChI is InChI=1S/C52H52N12O16/c1-7-77-41(67)49-51(43(69)79-9-3)61-27-62-46(72)58-24-32-34(38(76-6)14-12-36(32)56-40(66)30-17-21-54-22-18-30)26-60-48(74)64(52(62,44(70)80-10-4)50(58,60)42(68)78-8-2)28-63(51)47(73)59(49)25-33-31(23-57(49)45(61)71)35(11-13-37(33)75-5)55-39(65)29-15-19-53-20-16-29/h11-22H,7-10,23-28H2,1-6H3,(H,55,65)(H,56,66). The van der Waals surface area contributed by atoms with Crippen molar-refractivity contribution in [2.24, 2.45) is 0 Å². The molecule has 0 spiro atoms. The van der Waals surface area contributed by atoms with E-state index in [-0.39, 0.29) is 69.5 Å². The van der Waals surface area contributed by atoms with Crippen LogP contribution in [0.1, 0.15) is 70.7 Å². The zero-order valence-corrected chi connectivity index (χ0v) is 44.0. The van der Waals surface area contributed by atoms with Gasteiger partial charge in [-0.1, -0.05) is 0 Å². The second-order valence-electron chi connectivity index (χ2n) is 19.0. The third-order valence-corrected chi connectivity index (χ3v) is 15.6. The lowest BCUT2D eigenvalue weighted by molar-refractivity contribution is -0.209. The summed E-state index contributed by atoms with van der Waals surface area (Å²) < 4.78 is 35.0. The van der Waals surface area contributed by atoms with E-state index in [0.29, 0.717) is 9.80 Å². The van der Waals surface area contributed by atoms with Crippen LogP contribution in [0.25, 0.3) is 0 Å². The Bertz CT molecular complexity index is 3150. The second-order valence-corrected chi connectivity index (χ2v) is 19.0. The van der Waals surface area contributed by atoms with Crippen LogP contribution in [0.2, 0.25) is 0 Å². The predicted octanol–water partition coefficient (Wildman–Crippen LogP) is 2.64. The van der Waals surface area contributed by atoms with Crippen molar-refractivity contribution in [1.29, 1.82) is 0 Å². The Balaban J connectivity index is 1.17. The van der Waals surface area contributed by atoms with Crippen molar-refractivity contribution < 1.29 is 76.4 Å². The smallest absolute Gasteiger partial charge is 0.359 e. The summed E-state index contributed by atoms with van der Waals surface area (Å²) in [6.07, 6.45) is 5.63. The van der Waals surface area contributed by atoms with Crippen molar-refractivity contribution in [3.05, 3.63) is 107 Å². The summed E-state index contributed by atoms with van der Waals surface area (Å²) in [6.45, 7) is -1.06. The molecule has 2 aromatic carbocycles. The number of urea groups is 4. The minimum Gasteiger partial charge on any atom is -0.496 e. The number of fused-ring (bicyclic) bond motifs is 2. The number of pyridine rings is 2. The second kappa shape index (κ2) is 19.0. The number of ether oxygens (including phenoxy) is 6. The van der Waals surface area contributed by atoms with Gasteiger partial charge in [-0.15, -0.1) is 0 Å². The van der Waals surface area contributed by atoms with Gasteiger partial charge in [-0.2, -0.15) is 0 Å². The Morgan fingerprint density at radius 1 is 0.425 bits per heavy atom. The molecule has 5 fully saturated rings. The van der Waals surface area contributed by atoms with Gasteiger partial charge in [-0.3, -0.25) is 58.8 Å². The van der Waals surface area contributed by atoms with E-state index < -0.39 is 135 Å². The van der Waals surface area contributed by atoms with Gasteiger partial charge in [0.05, 0.1) is 66.8 Å². The molecule has 9 heterocycles. The number of nitrogens with one attached hydrogen (secondary N) is 2. The zero-order chi connectivity index (χ0) is 56.8. The Kier molecular flexibility index (Phi) is 12.4. The van der Waals surface area contributed by atoms with Gasteiger partial charge in [-0.05, 0) is 76.2 Å². The van der Waals surface area contributed by atoms with Gasteiger partial charge >= 0.3 is 48.0 Å². The van der Waals surface area contributed by atoms with Crippen LogP contribution in [0.4, 0.5) is 30.6 Å². The molecule has 0 radical (unpaired) electrons. The molecule has 4 aromatic rings. The Morgan fingerprint density at radius 2 is 0.700 bits per heavy atom. The molecule has 4 unspecified atom stereocenters. The van der Waals surface area contributed by atoms with E-state index in [1.54, 1.807) is 0 Å². The lowest BCUT2D eigenvalue weighted by Crippen LogP contribution is -2.81. The monoisotopic (exact) mass is 1100 g/mol. The molecule has 80 heavy (non-hydrogen) atoms. The van der Waals surface area contributed by atoms with Gasteiger partial charge < -0.3 is 39.1 Å². The number of esters is 4. The molecule has 0 aliphatic carbocycles. The normalized spacial score (nSPS) is 23.7. The molecule has 7 aliphatic heterocycles. The van der Waals surface area contributed by atoms with Crippen molar-refractivity contribution in [2.45, 2.75) is 76.5 Å². The first-order valence-electron chi connectivity index (χ1n) is 25.4. The summed E-state index contributed by atoms with van der Waals surface area (Å²) in [4.78, 5) is 170. The minimum atomic E-state index is -3.08. The molecular formula is C52H52N12O16. The van der Waals surface area contributed by atoms with E-state index in [1.807, 2.05) is 0 Å². The van der Waals surface area contributed by atoms with E-state index in [9.17, 15) is 9.59 Å². The molecule has 10 amide bonds. The number of benzene rings is 2. The Hall–Kier alpha value is -9.76. The van der Waals surface area contributed by atoms with Crippen molar-refractivity contribution in [3.63, 3.8) is 0 Å². The minimum absolute atomic E-state index is 0.0873. The van der Waals surface area contributed by atoms with Crippen molar-refractivity contribution in [1.82, 2.24) is 49.2 Å². The Morgan fingerprint density at radius 3 is 0.975 bits per heavy atom. The van der Waals surface area contributed by atoms with E-state index in [4.69, 9.17) is 28.4 Å². The average Bonchev–Trinajstić information content (AvgIpc) is 4.05. The summed E-state index contributed by atoms with van der Waals surface area (Å²) in [7, 11) is 2.67. The van der Waals surface area contributed by atoms with Crippen molar-refractivity contribution in [3.8, 4) is 11.5 Å². The molecule has 4 atom stereocenters. The summed E-state index contributed by atoms with van der Waals surface area (Å²) in [5.41, 5.74) is -10.9. The number of anilines is 2. The van der Waals surface area contributed by atoms with Crippen molar-refractivity contribution >= 4 is 71.2 Å². The molecule has 28 nitrogen and oxygen atoms in total. The number of aromatic nitrogens is 2. The Labute approximate surface area is 454 Å². The molecule has 2 aromatic heterocycles. The molecule has 11 rings (SSSR count). The summed E-state index contributed by atoms with van der Waals surface area (Å²) in [5.74, 6) is -6.49. The largest absolute Gasteiger partial charge is 0.496 e. The van der Waals surface area contributed by atoms with Gasteiger partial charge in [0.15, 0.2) is 0 Å². The van der Waals surface area contributed by atoms with Gasteiger partial charge in [0, 0.05) is 69.5 Å². The third kappa shape index (κ3) is 6.48. The lowest BCUT2D eigenvalue weighted by atomic mass is 9.88. The van der Waals surface area contributed by atoms with Crippen LogP contribution in [-0.4, -0.2) is 186 Å². The first-order chi connectivity index (χ1) is 38.6. The molecule has 5 saturated heterocycles. The fourth-order valence-corrected chi connectivity index (χ4v) is 12.5. The van der Waals surface area contributed by atoms with E-state index in [2.05, 4.69) is 20.6 Å². The first kappa shape index (κ1) is 52.3. The maximum atomic E-state index is 16.3. The number of rotatable bonds is 14. The van der Waals surface area contributed by atoms with Crippen LogP contribution in [0, 0.1) is 0 Å². The third-order valence-electron chi connectivity index (χ3n) is 15.6. The fraction of sp³-hybridized carbons (Fsp3) is 0.385.